The number of aromatic nitrogens is 2. The van der Waals surface area contributed by atoms with Gasteiger partial charge in [-0.2, -0.15) is 0 Å². The van der Waals surface area contributed by atoms with Crippen molar-refractivity contribution in [3.63, 3.8) is 0 Å². The molecule has 0 unspecified atom stereocenters. The topological polar surface area (TPSA) is 81.3 Å². The molecule has 8 heteroatoms. The van der Waals surface area contributed by atoms with Gasteiger partial charge in [0.05, 0.1) is 24.0 Å². The molecule has 1 saturated carbocycles. The minimum atomic E-state index is -0.164. The van der Waals surface area contributed by atoms with E-state index >= 15 is 0 Å². The number of H-pyrrole nitrogens is 1. The van der Waals surface area contributed by atoms with E-state index in [0.29, 0.717) is 40.9 Å². The van der Waals surface area contributed by atoms with E-state index in [1.807, 2.05) is 0 Å². The van der Waals surface area contributed by atoms with Gasteiger partial charge in [0.2, 0.25) is 5.91 Å². The van der Waals surface area contributed by atoms with Crippen LogP contribution in [0.4, 0.5) is 0 Å². The number of carbonyl (C=O) groups excluding carboxylic acids is 1. The van der Waals surface area contributed by atoms with Gasteiger partial charge in [0.25, 0.3) is 5.56 Å². The largest absolute Gasteiger partial charge is 0.352 e. The van der Waals surface area contributed by atoms with Crippen molar-refractivity contribution < 1.29 is 4.79 Å². The molecule has 4 rings (SSSR count). The Bertz CT molecular complexity index is 872. The maximum atomic E-state index is 12.2. The van der Waals surface area contributed by atoms with Gasteiger partial charge < -0.3 is 10.3 Å². The van der Waals surface area contributed by atoms with E-state index in [2.05, 4.69) is 25.1 Å². The minimum absolute atomic E-state index is 0.125. The first-order valence-electron chi connectivity index (χ1n) is 8.99. The van der Waals surface area contributed by atoms with Crippen LogP contribution in [0, 0.1) is 0 Å². The van der Waals surface area contributed by atoms with Crippen molar-refractivity contribution >= 4 is 28.4 Å². The van der Waals surface area contributed by atoms with Gasteiger partial charge >= 0.3 is 0 Å². The Labute approximate surface area is 156 Å². The Morgan fingerprint density at radius 1 is 1.23 bits per heavy atom. The predicted molar refractivity (Wildman–Crippen MR) is 100 cm³/mol. The van der Waals surface area contributed by atoms with Gasteiger partial charge in [0.1, 0.15) is 5.82 Å². The highest BCUT2D eigenvalue weighted by Crippen LogP contribution is 2.18. The second-order valence-electron chi connectivity index (χ2n) is 7.07. The lowest BCUT2D eigenvalue weighted by Gasteiger charge is -2.33. The molecule has 2 fully saturated rings. The third-order valence-electron chi connectivity index (χ3n) is 4.86. The zero-order valence-electron chi connectivity index (χ0n) is 14.5. The Morgan fingerprint density at radius 2 is 1.96 bits per heavy atom. The molecule has 1 aliphatic heterocycles. The van der Waals surface area contributed by atoms with Crippen LogP contribution in [0.3, 0.4) is 0 Å². The normalized spacial score (nSPS) is 19.0. The molecule has 1 aromatic carbocycles. The summed E-state index contributed by atoms with van der Waals surface area (Å²) in [4.78, 5) is 35.9. The summed E-state index contributed by atoms with van der Waals surface area (Å²) >= 11 is 5.94. The number of nitrogens with one attached hydrogen (secondary N) is 2. The van der Waals surface area contributed by atoms with E-state index in [9.17, 15) is 9.59 Å². The molecule has 1 saturated heterocycles. The van der Waals surface area contributed by atoms with Gasteiger partial charge in [-0.1, -0.05) is 11.6 Å². The lowest BCUT2D eigenvalue weighted by atomic mass is 10.2. The molecule has 2 N–H and O–H groups in total. The van der Waals surface area contributed by atoms with Crippen molar-refractivity contribution in [1.82, 2.24) is 25.1 Å². The number of amides is 1. The second kappa shape index (κ2) is 7.34. The van der Waals surface area contributed by atoms with Gasteiger partial charge in [-0.05, 0) is 31.0 Å². The number of fused-ring (bicyclic) bond motifs is 1. The highest BCUT2D eigenvalue weighted by atomic mass is 35.5. The van der Waals surface area contributed by atoms with Crippen molar-refractivity contribution in [2.24, 2.45) is 0 Å². The number of hydrogen-bond donors (Lipinski definition) is 2. The maximum Gasteiger partial charge on any atom is 0.258 e. The van der Waals surface area contributed by atoms with Crippen LogP contribution in [0.2, 0.25) is 5.02 Å². The molecular formula is C18H22ClN5O2. The van der Waals surface area contributed by atoms with Crippen LogP contribution < -0.4 is 10.9 Å². The summed E-state index contributed by atoms with van der Waals surface area (Å²) in [5.41, 5.74) is 0.492. The van der Waals surface area contributed by atoms with Crippen LogP contribution >= 0.6 is 11.6 Å². The van der Waals surface area contributed by atoms with Crippen LogP contribution in [0.15, 0.2) is 23.0 Å². The van der Waals surface area contributed by atoms with Crippen LogP contribution in [0.5, 0.6) is 0 Å². The molecular weight excluding hydrogens is 354 g/mol. The van der Waals surface area contributed by atoms with Crippen LogP contribution in [0.1, 0.15) is 18.7 Å². The minimum Gasteiger partial charge on any atom is -0.352 e. The molecule has 2 aromatic rings. The fourth-order valence-electron chi connectivity index (χ4n) is 3.26. The van der Waals surface area contributed by atoms with E-state index in [1.54, 1.807) is 18.2 Å². The Balaban J connectivity index is 1.34. The van der Waals surface area contributed by atoms with Gasteiger partial charge in [0, 0.05) is 37.2 Å². The monoisotopic (exact) mass is 375 g/mol. The van der Waals surface area contributed by atoms with Crippen LogP contribution in [0.25, 0.3) is 10.9 Å². The van der Waals surface area contributed by atoms with Gasteiger partial charge in [0.15, 0.2) is 0 Å². The van der Waals surface area contributed by atoms with Gasteiger partial charge in [-0.25, -0.2) is 4.98 Å². The average molecular weight is 376 g/mol. The van der Waals surface area contributed by atoms with Crippen molar-refractivity contribution in [3.05, 3.63) is 39.4 Å². The zero-order chi connectivity index (χ0) is 18.1. The van der Waals surface area contributed by atoms with E-state index in [1.165, 1.54) is 0 Å². The van der Waals surface area contributed by atoms with Crippen LogP contribution in [-0.2, 0) is 11.3 Å². The van der Waals surface area contributed by atoms with Crippen LogP contribution in [-0.4, -0.2) is 64.4 Å². The number of piperazine rings is 1. The van der Waals surface area contributed by atoms with Gasteiger partial charge in [-0.15, -0.1) is 0 Å². The Morgan fingerprint density at radius 3 is 2.69 bits per heavy atom. The third-order valence-corrected chi connectivity index (χ3v) is 5.10. The molecule has 138 valence electrons. The molecule has 0 spiro atoms. The summed E-state index contributed by atoms with van der Waals surface area (Å²) in [6.45, 7) is 4.43. The zero-order valence-corrected chi connectivity index (χ0v) is 15.3. The SMILES string of the molecule is O=C(CN1CCN(Cc2nc3ccc(Cl)cc3c(=O)[nH]2)CC1)NC1CC1. The Hall–Kier alpha value is -1.96. The molecule has 1 amide bonds. The molecule has 2 aliphatic rings. The maximum absolute atomic E-state index is 12.2. The highest BCUT2D eigenvalue weighted by Gasteiger charge is 2.25. The fourth-order valence-corrected chi connectivity index (χ4v) is 3.43. The van der Waals surface area contributed by atoms with Gasteiger partial charge in [-0.3, -0.25) is 19.4 Å². The smallest absolute Gasteiger partial charge is 0.258 e. The molecule has 0 radical (unpaired) electrons. The highest BCUT2D eigenvalue weighted by molar-refractivity contribution is 6.31. The summed E-state index contributed by atoms with van der Waals surface area (Å²) in [5, 5.41) is 4.06. The first-order chi connectivity index (χ1) is 12.6. The molecule has 0 atom stereocenters. The first-order valence-corrected chi connectivity index (χ1v) is 9.37. The molecule has 1 aromatic heterocycles. The lowest BCUT2D eigenvalue weighted by molar-refractivity contribution is -0.122. The summed E-state index contributed by atoms with van der Waals surface area (Å²) in [6.07, 6.45) is 2.23. The molecule has 2 heterocycles. The standard InChI is InChI=1S/C18H22ClN5O2/c19-12-1-4-15-14(9-12)18(26)22-16(21-15)10-23-5-7-24(8-6-23)11-17(25)20-13-2-3-13/h1,4,9,13H,2-3,5-8,10-11H2,(H,20,25)(H,21,22,26). The number of aromatic amines is 1. The number of benzene rings is 1. The number of carbonyl (C=O) groups is 1. The van der Waals surface area contributed by atoms with Crippen molar-refractivity contribution in [2.45, 2.75) is 25.4 Å². The number of rotatable bonds is 5. The number of halogens is 1. The quantitative estimate of drug-likeness (QED) is 0.814. The molecule has 1 aliphatic carbocycles. The predicted octanol–water partition coefficient (Wildman–Crippen LogP) is 0.973. The van der Waals surface area contributed by atoms with E-state index in [0.717, 1.165) is 39.0 Å². The second-order valence-corrected chi connectivity index (χ2v) is 7.50. The Kier molecular flexibility index (Phi) is 4.93. The molecule has 26 heavy (non-hydrogen) atoms. The number of hydrogen-bond acceptors (Lipinski definition) is 5. The summed E-state index contributed by atoms with van der Waals surface area (Å²) in [7, 11) is 0. The van der Waals surface area contributed by atoms with E-state index < -0.39 is 0 Å². The van der Waals surface area contributed by atoms with Crippen molar-refractivity contribution in [3.8, 4) is 0 Å². The summed E-state index contributed by atoms with van der Waals surface area (Å²) in [6, 6.07) is 5.56. The fraction of sp³-hybridized carbons (Fsp3) is 0.500. The summed E-state index contributed by atoms with van der Waals surface area (Å²) in [5.74, 6) is 0.782. The third kappa shape index (κ3) is 4.23. The lowest BCUT2D eigenvalue weighted by Crippen LogP contribution is -2.49. The van der Waals surface area contributed by atoms with Crippen molar-refractivity contribution in [1.29, 1.82) is 0 Å². The molecule has 7 nitrogen and oxygen atoms in total. The number of nitrogens with zero attached hydrogens (tertiary/aromatic N) is 3. The van der Waals surface area contributed by atoms with E-state index in [-0.39, 0.29) is 11.5 Å². The average Bonchev–Trinajstić information content (AvgIpc) is 3.41. The van der Waals surface area contributed by atoms with Crippen molar-refractivity contribution in [2.75, 3.05) is 32.7 Å². The molecule has 0 bridgehead atoms. The first kappa shape index (κ1) is 17.5. The van der Waals surface area contributed by atoms with E-state index in [4.69, 9.17) is 11.6 Å². The summed E-state index contributed by atoms with van der Waals surface area (Å²) < 4.78 is 0.